The van der Waals surface area contributed by atoms with Crippen molar-refractivity contribution in [2.75, 3.05) is 12.5 Å². The Morgan fingerprint density at radius 1 is 1.28 bits per heavy atom. The van der Waals surface area contributed by atoms with Crippen molar-refractivity contribution in [3.8, 4) is 5.75 Å². The van der Waals surface area contributed by atoms with Crippen molar-refractivity contribution < 1.29 is 4.74 Å². The second-order valence-corrected chi connectivity index (χ2v) is 5.12. The van der Waals surface area contributed by atoms with Crippen LogP contribution in [0.1, 0.15) is 0 Å². The van der Waals surface area contributed by atoms with Crippen molar-refractivity contribution in [3.05, 3.63) is 35.1 Å². The molecule has 0 bridgehead atoms. The highest BCUT2D eigenvalue weighted by Crippen LogP contribution is 2.34. The third-order valence-corrected chi connectivity index (χ3v) is 4.19. The third kappa shape index (κ3) is 2.92. The van der Waals surface area contributed by atoms with E-state index in [1.165, 1.54) is 18.1 Å². The number of rotatable bonds is 4. The first-order valence-electron chi connectivity index (χ1n) is 5.03. The van der Waals surface area contributed by atoms with E-state index >= 15 is 0 Å². The molecule has 0 aliphatic heterocycles. The van der Waals surface area contributed by atoms with Crippen LogP contribution in [0, 0.1) is 0 Å². The van der Waals surface area contributed by atoms with Crippen LogP contribution in [0.4, 0.5) is 5.82 Å². The molecule has 1 aromatic carbocycles. The number of nitrogen functional groups attached to an aromatic ring is 1. The highest BCUT2D eigenvalue weighted by atomic mass is 79.9. The summed E-state index contributed by atoms with van der Waals surface area (Å²) in [6.45, 7) is 0. The van der Waals surface area contributed by atoms with Crippen LogP contribution in [0.2, 0.25) is 0 Å². The van der Waals surface area contributed by atoms with Gasteiger partial charge in [-0.05, 0) is 40.2 Å². The van der Waals surface area contributed by atoms with E-state index in [2.05, 4.69) is 31.3 Å². The Balaban J connectivity index is 2.22. The topological polar surface area (TPSA) is 73.1 Å². The zero-order valence-corrected chi connectivity index (χ0v) is 12.0. The molecule has 5 nitrogen and oxygen atoms in total. The molecule has 7 heteroatoms. The number of halogens is 1. The second-order valence-electron chi connectivity index (χ2n) is 3.26. The zero-order chi connectivity index (χ0) is 13.0. The fourth-order valence-electron chi connectivity index (χ4n) is 1.28. The van der Waals surface area contributed by atoms with Crippen molar-refractivity contribution in [2.45, 2.75) is 9.92 Å². The summed E-state index contributed by atoms with van der Waals surface area (Å²) < 4.78 is 5.85. The molecule has 0 atom stereocenters. The number of hydrogen-bond donors (Lipinski definition) is 2. The fraction of sp³-hybridized carbons (Fsp3) is 0.0909. The van der Waals surface area contributed by atoms with Gasteiger partial charge in [-0.15, -0.1) is 0 Å². The first-order chi connectivity index (χ1) is 8.74. The molecule has 2 rings (SSSR count). The van der Waals surface area contributed by atoms with Gasteiger partial charge < -0.3 is 10.2 Å². The molecular formula is C11H11BrN4OS. The average Bonchev–Trinajstić information content (AvgIpc) is 2.42. The number of aromatic nitrogens is 2. The molecule has 18 heavy (non-hydrogen) atoms. The standard InChI is InChI=1S/C11H11BrN4OS/c1-17-7-2-4-8(5-3-7)18-11-9(12)10(16-13)14-6-15-11/h2-6H,13H2,1H3,(H,14,15,16). The van der Waals surface area contributed by atoms with E-state index in [9.17, 15) is 0 Å². The Labute approximate surface area is 117 Å². The molecule has 0 amide bonds. The number of hydrazine groups is 1. The maximum absolute atomic E-state index is 5.35. The molecule has 0 aliphatic carbocycles. The summed E-state index contributed by atoms with van der Waals surface area (Å²) in [6.07, 6.45) is 1.46. The van der Waals surface area contributed by atoms with Gasteiger partial charge >= 0.3 is 0 Å². The van der Waals surface area contributed by atoms with Crippen LogP contribution in [0.15, 0.2) is 45.0 Å². The van der Waals surface area contributed by atoms with Gasteiger partial charge in [-0.1, -0.05) is 11.8 Å². The minimum atomic E-state index is 0.556. The van der Waals surface area contributed by atoms with Crippen molar-refractivity contribution in [2.24, 2.45) is 5.84 Å². The van der Waals surface area contributed by atoms with Gasteiger partial charge in [-0.25, -0.2) is 15.8 Å². The Bertz CT molecular complexity index is 535. The van der Waals surface area contributed by atoms with Gasteiger partial charge in [-0.3, -0.25) is 0 Å². The summed E-state index contributed by atoms with van der Waals surface area (Å²) in [4.78, 5) is 9.26. The first-order valence-corrected chi connectivity index (χ1v) is 6.64. The van der Waals surface area contributed by atoms with Gasteiger partial charge in [-0.2, -0.15) is 0 Å². The van der Waals surface area contributed by atoms with Gasteiger partial charge in [0.05, 0.1) is 11.6 Å². The highest BCUT2D eigenvalue weighted by Gasteiger charge is 2.09. The zero-order valence-electron chi connectivity index (χ0n) is 9.55. The highest BCUT2D eigenvalue weighted by molar-refractivity contribution is 9.10. The van der Waals surface area contributed by atoms with E-state index in [0.717, 1.165) is 20.1 Å². The summed E-state index contributed by atoms with van der Waals surface area (Å²) >= 11 is 4.93. The molecule has 0 aliphatic rings. The molecule has 94 valence electrons. The molecule has 1 aromatic heterocycles. The van der Waals surface area contributed by atoms with Crippen molar-refractivity contribution in [3.63, 3.8) is 0 Å². The number of ether oxygens (including phenoxy) is 1. The van der Waals surface area contributed by atoms with Crippen molar-refractivity contribution in [1.82, 2.24) is 9.97 Å². The number of nitrogens with one attached hydrogen (secondary N) is 1. The van der Waals surface area contributed by atoms with E-state index in [1.54, 1.807) is 7.11 Å². The van der Waals surface area contributed by atoms with E-state index < -0.39 is 0 Å². The lowest BCUT2D eigenvalue weighted by molar-refractivity contribution is 0.414. The number of anilines is 1. The second kappa shape index (κ2) is 6.03. The Morgan fingerprint density at radius 2 is 2.00 bits per heavy atom. The van der Waals surface area contributed by atoms with Gasteiger partial charge in [0.15, 0.2) is 5.82 Å². The normalized spacial score (nSPS) is 10.2. The Hall–Kier alpha value is -1.31. The SMILES string of the molecule is COc1ccc(Sc2ncnc(NN)c2Br)cc1. The quantitative estimate of drug-likeness (QED) is 0.511. The number of methoxy groups -OCH3 is 1. The van der Waals surface area contributed by atoms with Crippen molar-refractivity contribution in [1.29, 1.82) is 0 Å². The van der Waals surface area contributed by atoms with Crippen LogP contribution >= 0.6 is 27.7 Å². The van der Waals surface area contributed by atoms with E-state index in [4.69, 9.17) is 10.6 Å². The van der Waals surface area contributed by atoms with Gasteiger partial charge in [0.25, 0.3) is 0 Å². The summed E-state index contributed by atoms with van der Waals surface area (Å²) in [5.41, 5.74) is 2.51. The predicted octanol–water partition coefficient (Wildman–Crippen LogP) is 2.68. The molecule has 3 N–H and O–H groups in total. The number of nitrogens with two attached hydrogens (primary N) is 1. The molecule has 0 fully saturated rings. The Morgan fingerprint density at radius 3 is 2.61 bits per heavy atom. The first kappa shape index (κ1) is 13.1. The van der Waals surface area contributed by atoms with Crippen LogP contribution in [0.5, 0.6) is 5.75 Å². The van der Waals surface area contributed by atoms with E-state index in [0.29, 0.717) is 5.82 Å². The average molecular weight is 327 g/mol. The number of nitrogens with zero attached hydrogens (tertiary/aromatic N) is 2. The monoisotopic (exact) mass is 326 g/mol. The minimum absolute atomic E-state index is 0.556. The summed E-state index contributed by atoms with van der Waals surface area (Å²) in [5, 5.41) is 0.795. The molecule has 0 spiro atoms. The van der Waals surface area contributed by atoms with Gasteiger partial charge in [0.1, 0.15) is 17.1 Å². The predicted molar refractivity (Wildman–Crippen MR) is 74.7 cm³/mol. The largest absolute Gasteiger partial charge is 0.497 e. The molecule has 0 radical (unpaired) electrons. The van der Waals surface area contributed by atoms with Gasteiger partial charge in [0, 0.05) is 4.90 Å². The smallest absolute Gasteiger partial charge is 0.158 e. The minimum Gasteiger partial charge on any atom is -0.497 e. The molecule has 0 saturated heterocycles. The number of benzene rings is 1. The third-order valence-electron chi connectivity index (χ3n) is 2.17. The van der Waals surface area contributed by atoms with E-state index in [1.807, 2.05) is 24.3 Å². The van der Waals surface area contributed by atoms with E-state index in [-0.39, 0.29) is 0 Å². The maximum Gasteiger partial charge on any atom is 0.158 e. The van der Waals surface area contributed by atoms with Crippen LogP contribution in [-0.2, 0) is 0 Å². The summed E-state index contributed by atoms with van der Waals surface area (Å²) in [6, 6.07) is 7.74. The molecule has 0 saturated carbocycles. The summed E-state index contributed by atoms with van der Waals surface area (Å²) in [7, 11) is 1.64. The van der Waals surface area contributed by atoms with Gasteiger partial charge in [0.2, 0.25) is 0 Å². The van der Waals surface area contributed by atoms with Crippen molar-refractivity contribution >= 4 is 33.5 Å². The fourth-order valence-corrected chi connectivity index (χ4v) is 2.62. The molecule has 0 unspecified atom stereocenters. The lowest BCUT2D eigenvalue weighted by Gasteiger charge is -2.07. The van der Waals surface area contributed by atoms with Crippen LogP contribution < -0.4 is 16.0 Å². The molecular weight excluding hydrogens is 316 g/mol. The maximum atomic E-state index is 5.35. The number of hydrogen-bond acceptors (Lipinski definition) is 6. The lowest BCUT2D eigenvalue weighted by Crippen LogP contribution is -2.09. The summed E-state index contributed by atoms with van der Waals surface area (Å²) in [5.74, 6) is 6.74. The van der Waals surface area contributed by atoms with Crippen LogP contribution in [0.3, 0.4) is 0 Å². The Kier molecular flexibility index (Phi) is 4.40. The van der Waals surface area contributed by atoms with Crippen LogP contribution in [0.25, 0.3) is 0 Å². The molecule has 2 aromatic rings. The van der Waals surface area contributed by atoms with Crippen LogP contribution in [-0.4, -0.2) is 17.1 Å². The lowest BCUT2D eigenvalue weighted by atomic mass is 10.3. The molecule has 1 heterocycles.